The lowest BCUT2D eigenvalue weighted by molar-refractivity contribution is 0.0946. The van der Waals surface area contributed by atoms with Crippen molar-refractivity contribution in [1.29, 1.82) is 0 Å². The Morgan fingerprint density at radius 2 is 1.70 bits per heavy atom. The summed E-state index contributed by atoms with van der Waals surface area (Å²) in [6.45, 7) is 4.23. The van der Waals surface area contributed by atoms with Crippen LogP contribution in [0.25, 0.3) is 0 Å². The normalized spacial score (nSPS) is 10.7. The van der Waals surface area contributed by atoms with Crippen molar-refractivity contribution in [1.82, 2.24) is 5.32 Å². The van der Waals surface area contributed by atoms with Crippen molar-refractivity contribution >= 4 is 30.1 Å². The Morgan fingerprint density at radius 3 is 2.26 bits per heavy atom. The zero-order valence-corrected chi connectivity index (χ0v) is 15.0. The van der Waals surface area contributed by atoms with Gasteiger partial charge < -0.3 is 11.1 Å². The summed E-state index contributed by atoms with van der Waals surface area (Å²) in [7, 11) is 0. The lowest BCUT2D eigenvalue weighted by atomic mass is 10.1. The molecule has 2 rings (SSSR count). The molecule has 0 spiro atoms. The third kappa shape index (κ3) is 7.08. The maximum Gasteiger partial charge on any atom is 0.251 e. The maximum absolute atomic E-state index is 12.0. The first-order valence-electron chi connectivity index (χ1n) is 7.28. The lowest BCUT2D eigenvalue weighted by Gasteiger charge is -2.18. The predicted octanol–water partition coefficient (Wildman–Crippen LogP) is 3.87. The van der Waals surface area contributed by atoms with Gasteiger partial charge >= 0.3 is 0 Å². The molecule has 0 heterocycles. The summed E-state index contributed by atoms with van der Waals surface area (Å²) in [4.78, 5) is 13.3. The Balaban J connectivity index is 0.00000264. The average Bonchev–Trinajstić information content (AvgIpc) is 2.51. The van der Waals surface area contributed by atoms with Crippen molar-refractivity contribution in [3.05, 3.63) is 65.7 Å². The van der Waals surface area contributed by atoms with E-state index in [2.05, 4.69) is 17.4 Å². The number of amides is 1. The molecule has 23 heavy (non-hydrogen) atoms. The second-order valence-corrected chi connectivity index (χ2v) is 7.02. The van der Waals surface area contributed by atoms with Crippen molar-refractivity contribution in [3.63, 3.8) is 0 Å². The van der Waals surface area contributed by atoms with Gasteiger partial charge in [-0.1, -0.05) is 30.3 Å². The van der Waals surface area contributed by atoms with Gasteiger partial charge in [-0.05, 0) is 43.7 Å². The highest BCUT2D eigenvalue weighted by Crippen LogP contribution is 2.22. The van der Waals surface area contributed by atoms with Gasteiger partial charge in [0.25, 0.3) is 5.91 Å². The van der Waals surface area contributed by atoms with E-state index in [4.69, 9.17) is 5.73 Å². The average molecular weight is 351 g/mol. The minimum atomic E-state index is -0.401. The molecule has 0 aliphatic carbocycles. The van der Waals surface area contributed by atoms with Gasteiger partial charge in [-0.15, -0.1) is 24.2 Å². The maximum atomic E-state index is 12.0. The second kappa shape index (κ2) is 8.96. The van der Waals surface area contributed by atoms with Gasteiger partial charge in [0, 0.05) is 28.3 Å². The van der Waals surface area contributed by atoms with Gasteiger partial charge in [-0.2, -0.15) is 0 Å². The minimum absolute atomic E-state index is 0. The van der Waals surface area contributed by atoms with Crippen LogP contribution in [0.2, 0.25) is 0 Å². The Kier molecular flexibility index (Phi) is 7.62. The van der Waals surface area contributed by atoms with Crippen LogP contribution in [0.4, 0.5) is 0 Å². The molecule has 2 aromatic carbocycles. The van der Waals surface area contributed by atoms with Crippen LogP contribution in [0.3, 0.4) is 0 Å². The Hall–Kier alpha value is -1.49. The van der Waals surface area contributed by atoms with Crippen LogP contribution in [0.5, 0.6) is 0 Å². The second-order valence-electron chi connectivity index (χ2n) is 5.97. The van der Waals surface area contributed by atoms with Crippen LogP contribution >= 0.6 is 24.2 Å². The molecule has 2 aromatic rings. The summed E-state index contributed by atoms with van der Waals surface area (Å²) in [6, 6.07) is 18.0. The zero-order chi connectivity index (χ0) is 16.0. The van der Waals surface area contributed by atoms with E-state index < -0.39 is 5.54 Å². The van der Waals surface area contributed by atoms with E-state index in [1.165, 1.54) is 10.5 Å². The molecule has 0 aromatic heterocycles. The Bertz CT molecular complexity index is 609. The summed E-state index contributed by atoms with van der Waals surface area (Å²) >= 11 is 1.78. The highest BCUT2D eigenvalue weighted by atomic mass is 35.5. The van der Waals surface area contributed by atoms with Crippen LogP contribution in [0.15, 0.2) is 59.5 Å². The van der Waals surface area contributed by atoms with Gasteiger partial charge in [-0.25, -0.2) is 0 Å². The Morgan fingerprint density at radius 1 is 1.09 bits per heavy atom. The van der Waals surface area contributed by atoms with Crippen molar-refractivity contribution in [2.75, 3.05) is 6.54 Å². The monoisotopic (exact) mass is 350 g/mol. The highest BCUT2D eigenvalue weighted by molar-refractivity contribution is 7.98. The van der Waals surface area contributed by atoms with E-state index in [9.17, 15) is 4.79 Å². The highest BCUT2D eigenvalue weighted by Gasteiger charge is 2.13. The number of nitrogens with two attached hydrogens (primary N) is 1. The molecule has 0 unspecified atom stereocenters. The minimum Gasteiger partial charge on any atom is -0.350 e. The van der Waals surface area contributed by atoms with Gasteiger partial charge in [0.1, 0.15) is 0 Å². The fraction of sp³-hybridized carbons (Fsp3) is 0.278. The summed E-state index contributed by atoms with van der Waals surface area (Å²) in [5.74, 6) is 0.808. The molecule has 0 radical (unpaired) electrons. The molecular weight excluding hydrogens is 328 g/mol. The number of rotatable bonds is 6. The van der Waals surface area contributed by atoms with E-state index in [0.29, 0.717) is 12.1 Å². The molecule has 0 aliphatic heterocycles. The number of benzene rings is 2. The molecule has 3 nitrogen and oxygen atoms in total. The number of carbonyl (C=O) groups excluding carboxylic acids is 1. The molecule has 3 N–H and O–H groups in total. The number of carbonyl (C=O) groups is 1. The quantitative estimate of drug-likeness (QED) is 0.777. The van der Waals surface area contributed by atoms with Crippen LogP contribution < -0.4 is 11.1 Å². The van der Waals surface area contributed by atoms with Crippen molar-refractivity contribution < 1.29 is 4.79 Å². The van der Waals surface area contributed by atoms with E-state index in [-0.39, 0.29) is 18.3 Å². The smallest absolute Gasteiger partial charge is 0.251 e. The molecule has 0 fully saturated rings. The molecule has 5 heteroatoms. The summed E-state index contributed by atoms with van der Waals surface area (Å²) in [5.41, 5.74) is 7.33. The topological polar surface area (TPSA) is 55.1 Å². The number of thioether (sulfide) groups is 1. The number of hydrogen-bond acceptors (Lipinski definition) is 3. The zero-order valence-electron chi connectivity index (χ0n) is 13.4. The van der Waals surface area contributed by atoms with Gasteiger partial charge in [0.15, 0.2) is 0 Å². The van der Waals surface area contributed by atoms with E-state index in [0.717, 1.165) is 5.75 Å². The largest absolute Gasteiger partial charge is 0.350 e. The third-order valence-electron chi connectivity index (χ3n) is 3.07. The lowest BCUT2D eigenvalue weighted by Crippen LogP contribution is -2.45. The van der Waals surface area contributed by atoms with Crippen LogP contribution in [0.1, 0.15) is 29.8 Å². The first-order chi connectivity index (χ1) is 10.4. The standard InChI is InChI=1S/C18H22N2OS.ClH/c1-18(2,19)13-20-17(21)15-10-8-14(9-11-15)12-22-16-6-4-3-5-7-16;/h3-11H,12-13,19H2,1-2H3,(H,20,21);1H. The molecule has 0 aliphatic rings. The fourth-order valence-corrected chi connectivity index (χ4v) is 2.72. The molecule has 0 saturated heterocycles. The van der Waals surface area contributed by atoms with Crippen molar-refractivity contribution in [2.45, 2.75) is 30.0 Å². The SMILES string of the molecule is CC(C)(N)CNC(=O)c1ccc(CSc2ccccc2)cc1.Cl. The van der Waals surface area contributed by atoms with Crippen molar-refractivity contribution in [3.8, 4) is 0 Å². The van der Waals surface area contributed by atoms with Crippen LogP contribution in [0, 0.1) is 0 Å². The molecule has 1 amide bonds. The molecule has 0 atom stereocenters. The number of halogens is 1. The predicted molar refractivity (Wildman–Crippen MR) is 100 cm³/mol. The first kappa shape index (κ1) is 19.6. The summed E-state index contributed by atoms with van der Waals surface area (Å²) in [6.07, 6.45) is 0. The summed E-state index contributed by atoms with van der Waals surface area (Å²) in [5, 5.41) is 2.85. The fourth-order valence-electron chi connectivity index (χ4n) is 1.85. The Labute approximate surface area is 148 Å². The van der Waals surface area contributed by atoms with Crippen LogP contribution in [-0.2, 0) is 5.75 Å². The third-order valence-corrected chi connectivity index (χ3v) is 4.15. The first-order valence-corrected chi connectivity index (χ1v) is 8.26. The van der Waals surface area contributed by atoms with E-state index >= 15 is 0 Å². The van der Waals surface area contributed by atoms with E-state index in [1.807, 2.05) is 56.3 Å². The van der Waals surface area contributed by atoms with Gasteiger partial charge in [0.2, 0.25) is 0 Å². The number of nitrogens with one attached hydrogen (secondary N) is 1. The summed E-state index contributed by atoms with van der Waals surface area (Å²) < 4.78 is 0. The molecule has 0 saturated carbocycles. The van der Waals surface area contributed by atoms with Crippen molar-refractivity contribution in [2.24, 2.45) is 5.73 Å². The molecule has 0 bridgehead atoms. The molecular formula is C18H23ClN2OS. The van der Waals surface area contributed by atoms with Gasteiger partial charge in [-0.3, -0.25) is 4.79 Å². The molecule has 124 valence electrons. The number of hydrogen-bond donors (Lipinski definition) is 2. The van der Waals surface area contributed by atoms with Crippen LogP contribution in [-0.4, -0.2) is 18.0 Å². The van der Waals surface area contributed by atoms with E-state index in [1.54, 1.807) is 11.8 Å². The van der Waals surface area contributed by atoms with Gasteiger partial charge in [0.05, 0.1) is 0 Å².